The lowest BCUT2D eigenvalue weighted by Gasteiger charge is -2.21. The highest BCUT2D eigenvalue weighted by atomic mass is 32.2. The number of nitrogens with zero attached hydrogens (tertiary/aromatic N) is 1. The number of halogens is 1. The molecular weight excluding hydrogens is 261 g/mol. The third-order valence-corrected chi connectivity index (χ3v) is 4.78. The largest absolute Gasteiger partial charge is 0.480 e. The van der Waals surface area contributed by atoms with Crippen molar-refractivity contribution in [1.82, 2.24) is 4.31 Å². The summed E-state index contributed by atoms with van der Waals surface area (Å²) in [5.74, 6) is -1.95. The van der Waals surface area contributed by atoms with Crippen LogP contribution < -0.4 is 0 Å². The number of rotatable bonds is 4. The molecule has 0 aliphatic heterocycles. The number of carbonyl (C=O) groups is 1. The molecule has 0 amide bonds. The average Bonchev–Trinajstić information content (AvgIpc) is 2.29. The first-order chi connectivity index (χ1) is 8.17. The molecule has 100 valence electrons. The van der Waals surface area contributed by atoms with Crippen LogP contribution in [0.2, 0.25) is 0 Å². The number of sulfonamides is 1. The summed E-state index contributed by atoms with van der Waals surface area (Å²) in [5, 5.41) is 8.81. The Labute approximate surface area is 105 Å². The Balaban J connectivity index is 3.29. The summed E-state index contributed by atoms with van der Waals surface area (Å²) in [5.41, 5.74) is 0.362. The van der Waals surface area contributed by atoms with Crippen LogP contribution in [0.5, 0.6) is 0 Å². The van der Waals surface area contributed by atoms with Gasteiger partial charge in [-0.25, -0.2) is 12.8 Å². The van der Waals surface area contributed by atoms with E-state index in [-0.39, 0.29) is 4.90 Å². The quantitative estimate of drug-likeness (QED) is 0.896. The van der Waals surface area contributed by atoms with E-state index in [9.17, 15) is 17.6 Å². The van der Waals surface area contributed by atoms with E-state index in [1.165, 1.54) is 19.9 Å². The van der Waals surface area contributed by atoms with Crippen molar-refractivity contribution < 1.29 is 22.7 Å². The van der Waals surface area contributed by atoms with Crippen LogP contribution in [0.4, 0.5) is 4.39 Å². The maximum Gasteiger partial charge on any atom is 0.321 e. The molecule has 0 heterocycles. The molecule has 0 aliphatic rings. The number of hydrogen-bond donors (Lipinski definition) is 1. The van der Waals surface area contributed by atoms with E-state index in [1.807, 2.05) is 0 Å². The summed E-state index contributed by atoms with van der Waals surface area (Å²) in [6.45, 7) is 2.76. The summed E-state index contributed by atoms with van der Waals surface area (Å²) in [4.78, 5) is 10.6. The second kappa shape index (κ2) is 5.03. The number of aryl methyl sites for hydroxylation is 1. The fraction of sp³-hybridized carbons (Fsp3) is 0.364. The minimum Gasteiger partial charge on any atom is -0.480 e. The Morgan fingerprint density at radius 3 is 2.50 bits per heavy atom. The molecule has 0 saturated heterocycles. The van der Waals surface area contributed by atoms with Crippen LogP contribution in [-0.2, 0) is 14.8 Å². The van der Waals surface area contributed by atoms with Crippen molar-refractivity contribution in [3.8, 4) is 0 Å². The fourth-order valence-corrected chi connectivity index (χ4v) is 2.92. The molecule has 1 aromatic carbocycles. The van der Waals surface area contributed by atoms with E-state index in [2.05, 4.69) is 0 Å². The molecule has 1 N–H and O–H groups in total. The predicted molar refractivity (Wildman–Crippen MR) is 63.2 cm³/mol. The number of hydrogen-bond acceptors (Lipinski definition) is 3. The first-order valence-corrected chi connectivity index (χ1v) is 6.59. The monoisotopic (exact) mass is 275 g/mol. The lowest BCUT2D eigenvalue weighted by molar-refractivity contribution is -0.140. The second-order valence-electron chi connectivity index (χ2n) is 3.95. The van der Waals surface area contributed by atoms with E-state index < -0.39 is 27.9 Å². The summed E-state index contributed by atoms with van der Waals surface area (Å²) in [7, 11) is -2.87. The Morgan fingerprint density at radius 2 is 2.00 bits per heavy atom. The third-order valence-electron chi connectivity index (χ3n) is 2.71. The maximum atomic E-state index is 13.1. The molecule has 0 saturated carbocycles. The topological polar surface area (TPSA) is 74.7 Å². The van der Waals surface area contributed by atoms with Gasteiger partial charge in [0.1, 0.15) is 11.9 Å². The van der Waals surface area contributed by atoms with Crippen molar-refractivity contribution in [3.05, 3.63) is 29.6 Å². The number of likely N-dealkylation sites (N-methyl/N-ethyl adjacent to an activating group) is 1. The van der Waals surface area contributed by atoms with Gasteiger partial charge >= 0.3 is 5.97 Å². The highest BCUT2D eigenvalue weighted by Crippen LogP contribution is 2.21. The molecular formula is C11H14FNO4S. The molecule has 5 nitrogen and oxygen atoms in total. The van der Waals surface area contributed by atoms with Gasteiger partial charge in [-0.05, 0) is 31.5 Å². The zero-order chi connectivity index (χ0) is 14.1. The number of carboxylic acid groups (broad SMARTS) is 1. The molecule has 7 heteroatoms. The average molecular weight is 275 g/mol. The van der Waals surface area contributed by atoms with Gasteiger partial charge in [-0.15, -0.1) is 0 Å². The SMILES string of the molecule is Cc1ccc(F)cc1S(=O)(=O)N(C)C(C)C(=O)O. The van der Waals surface area contributed by atoms with E-state index in [0.717, 1.165) is 19.2 Å². The standard InChI is InChI=1S/C11H14FNO4S/c1-7-4-5-9(12)6-10(7)18(16,17)13(3)8(2)11(14)15/h4-6,8H,1-3H3,(H,14,15). The normalized spacial score (nSPS) is 13.6. The van der Waals surface area contributed by atoms with Crippen LogP contribution in [0.15, 0.2) is 23.1 Å². The maximum absolute atomic E-state index is 13.1. The summed E-state index contributed by atoms with van der Waals surface area (Å²) in [6.07, 6.45) is 0. The van der Waals surface area contributed by atoms with Gasteiger partial charge in [0.25, 0.3) is 0 Å². The van der Waals surface area contributed by atoms with Gasteiger partial charge in [0.2, 0.25) is 10.0 Å². The Hall–Kier alpha value is -1.47. The Morgan fingerprint density at radius 1 is 1.44 bits per heavy atom. The molecule has 1 rings (SSSR count). The van der Waals surface area contributed by atoms with Crippen LogP contribution in [0, 0.1) is 12.7 Å². The molecule has 0 fully saturated rings. The zero-order valence-corrected chi connectivity index (χ0v) is 11.0. The first kappa shape index (κ1) is 14.6. The third kappa shape index (κ3) is 2.68. The molecule has 0 aromatic heterocycles. The molecule has 0 aliphatic carbocycles. The van der Waals surface area contributed by atoms with E-state index in [4.69, 9.17) is 5.11 Å². The van der Waals surface area contributed by atoms with Crippen LogP contribution in [0.25, 0.3) is 0 Å². The van der Waals surface area contributed by atoms with Crippen molar-refractivity contribution >= 4 is 16.0 Å². The summed E-state index contributed by atoms with van der Waals surface area (Å²) in [6, 6.07) is 2.14. The van der Waals surface area contributed by atoms with Gasteiger partial charge in [-0.2, -0.15) is 4.31 Å². The number of benzene rings is 1. The van der Waals surface area contributed by atoms with Gasteiger partial charge in [0.15, 0.2) is 0 Å². The van der Waals surface area contributed by atoms with Crippen molar-refractivity contribution in [2.24, 2.45) is 0 Å². The van der Waals surface area contributed by atoms with Crippen molar-refractivity contribution in [2.45, 2.75) is 24.8 Å². The lowest BCUT2D eigenvalue weighted by Crippen LogP contribution is -2.40. The van der Waals surface area contributed by atoms with Gasteiger partial charge in [-0.1, -0.05) is 6.07 Å². The van der Waals surface area contributed by atoms with E-state index in [1.54, 1.807) is 0 Å². The summed E-state index contributed by atoms with van der Waals surface area (Å²) < 4.78 is 38.1. The van der Waals surface area contributed by atoms with Crippen molar-refractivity contribution in [3.63, 3.8) is 0 Å². The lowest BCUT2D eigenvalue weighted by atomic mass is 10.2. The molecule has 0 bridgehead atoms. The van der Waals surface area contributed by atoms with E-state index in [0.29, 0.717) is 9.87 Å². The second-order valence-corrected chi connectivity index (χ2v) is 5.91. The Bertz CT molecular complexity index is 570. The van der Waals surface area contributed by atoms with Gasteiger partial charge in [-0.3, -0.25) is 4.79 Å². The highest BCUT2D eigenvalue weighted by Gasteiger charge is 2.30. The highest BCUT2D eigenvalue weighted by molar-refractivity contribution is 7.89. The van der Waals surface area contributed by atoms with Gasteiger partial charge in [0, 0.05) is 7.05 Å². The van der Waals surface area contributed by atoms with Crippen LogP contribution in [0.3, 0.4) is 0 Å². The zero-order valence-electron chi connectivity index (χ0n) is 10.2. The first-order valence-electron chi connectivity index (χ1n) is 5.15. The van der Waals surface area contributed by atoms with Crippen molar-refractivity contribution in [2.75, 3.05) is 7.05 Å². The molecule has 1 atom stereocenters. The number of aliphatic carboxylic acids is 1. The van der Waals surface area contributed by atoms with E-state index >= 15 is 0 Å². The molecule has 0 radical (unpaired) electrons. The fourth-order valence-electron chi connectivity index (χ4n) is 1.37. The number of carboxylic acids is 1. The minimum absolute atomic E-state index is 0.224. The summed E-state index contributed by atoms with van der Waals surface area (Å²) >= 11 is 0. The van der Waals surface area contributed by atoms with Gasteiger partial charge < -0.3 is 5.11 Å². The molecule has 1 unspecified atom stereocenters. The Kier molecular flexibility index (Phi) is 4.08. The molecule has 0 spiro atoms. The van der Waals surface area contributed by atoms with Crippen LogP contribution in [0.1, 0.15) is 12.5 Å². The van der Waals surface area contributed by atoms with Crippen LogP contribution >= 0.6 is 0 Å². The smallest absolute Gasteiger partial charge is 0.321 e. The predicted octanol–water partition coefficient (Wildman–Crippen LogP) is 1.23. The molecule has 1 aromatic rings. The van der Waals surface area contributed by atoms with Crippen LogP contribution in [-0.4, -0.2) is 36.9 Å². The minimum atomic E-state index is -4.02. The molecule has 18 heavy (non-hydrogen) atoms. The van der Waals surface area contributed by atoms with Gasteiger partial charge in [0.05, 0.1) is 4.90 Å². The van der Waals surface area contributed by atoms with Crippen molar-refractivity contribution in [1.29, 1.82) is 0 Å².